The lowest BCUT2D eigenvalue weighted by Gasteiger charge is -2.32. The number of hydrogen-bond acceptors (Lipinski definition) is 4. The molecule has 28 heavy (non-hydrogen) atoms. The summed E-state index contributed by atoms with van der Waals surface area (Å²) in [5.41, 5.74) is 7.33. The third-order valence-corrected chi connectivity index (χ3v) is 4.76. The molecule has 0 spiro atoms. The molecule has 1 heterocycles. The van der Waals surface area contributed by atoms with Crippen LogP contribution in [0.15, 0.2) is 77.4 Å². The molecule has 3 rings (SSSR count). The van der Waals surface area contributed by atoms with Crippen LogP contribution in [0.1, 0.15) is 18.4 Å². The summed E-state index contributed by atoms with van der Waals surface area (Å²) in [5, 5.41) is 0. The van der Waals surface area contributed by atoms with Gasteiger partial charge < -0.3 is 15.4 Å². The molecule has 1 saturated heterocycles. The van der Waals surface area contributed by atoms with E-state index in [1.165, 1.54) is 0 Å². The van der Waals surface area contributed by atoms with Crippen LogP contribution in [0.2, 0.25) is 0 Å². The van der Waals surface area contributed by atoms with Crippen molar-refractivity contribution in [1.82, 2.24) is 4.90 Å². The van der Waals surface area contributed by atoms with E-state index in [2.05, 4.69) is 4.99 Å². The minimum absolute atomic E-state index is 0.129. The number of nitrogens with two attached hydrogens (primary N) is 1. The van der Waals surface area contributed by atoms with Crippen molar-refractivity contribution in [1.29, 1.82) is 0 Å². The summed E-state index contributed by atoms with van der Waals surface area (Å²) in [5.74, 6) is 1.05. The molecule has 1 amide bonds. The van der Waals surface area contributed by atoms with Gasteiger partial charge in [0.25, 0.3) is 5.91 Å². The van der Waals surface area contributed by atoms with Crippen LogP contribution in [-0.4, -0.2) is 36.7 Å². The predicted molar refractivity (Wildman–Crippen MR) is 112 cm³/mol. The summed E-state index contributed by atoms with van der Waals surface area (Å²) < 4.78 is 5.85. The molecule has 0 aliphatic carbocycles. The smallest absolute Gasteiger partial charge is 0.269 e. The molecule has 1 aliphatic heterocycles. The Morgan fingerprint density at radius 2 is 1.86 bits per heavy atom. The Hall–Kier alpha value is -3.08. The van der Waals surface area contributed by atoms with Crippen LogP contribution in [0, 0.1) is 5.92 Å². The van der Waals surface area contributed by atoms with Crippen LogP contribution >= 0.6 is 0 Å². The van der Waals surface area contributed by atoms with Gasteiger partial charge in [0.15, 0.2) is 0 Å². The molecule has 146 valence electrons. The SMILES string of the molecule is N/C(=C\C=NCc1ccccc1)C(=O)N1CCCC(COc2ccccc2)C1. The van der Waals surface area contributed by atoms with Crippen LogP contribution in [0.4, 0.5) is 0 Å². The number of aliphatic imine (C=N–C) groups is 1. The molecule has 1 fully saturated rings. The highest BCUT2D eigenvalue weighted by Crippen LogP contribution is 2.19. The summed E-state index contributed by atoms with van der Waals surface area (Å²) in [6.07, 6.45) is 5.22. The van der Waals surface area contributed by atoms with E-state index >= 15 is 0 Å². The first-order valence-corrected chi connectivity index (χ1v) is 9.69. The van der Waals surface area contributed by atoms with Gasteiger partial charge in [0.05, 0.1) is 18.8 Å². The van der Waals surface area contributed by atoms with Crippen LogP contribution in [-0.2, 0) is 11.3 Å². The van der Waals surface area contributed by atoms with Gasteiger partial charge in [-0.1, -0.05) is 48.5 Å². The molecule has 5 heteroatoms. The van der Waals surface area contributed by atoms with Crippen LogP contribution in [0.3, 0.4) is 0 Å². The van der Waals surface area contributed by atoms with Gasteiger partial charge in [-0.25, -0.2) is 0 Å². The van der Waals surface area contributed by atoms with Gasteiger partial charge in [0.2, 0.25) is 0 Å². The highest BCUT2D eigenvalue weighted by Gasteiger charge is 2.25. The van der Waals surface area contributed by atoms with E-state index in [0.717, 1.165) is 30.7 Å². The Balaban J connectivity index is 1.48. The Kier molecular flexibility index (Phi) is 7.24. The fourth-order valence-corrected chi connectivity index (χ4v) is 3.24. The van der Waals surface area contributed by atoms with Crippen LogP contribution in [0.25, 0.3) is 0 Å². The van der Waals surface area contributed by atoms with E-state index in [1.807, 2.05) is 65.6 Å². The molecule has 0 bridgehead atoms. The molecule has 0 saturated carbocycles. The van der Waals surface area contributed by atoms with E-state index in [0.29, 0.717) is 25.6 Å². The number of amides is 1. The summed E-state index contributed by atoms with van der Waals surface area (Å²) in [6.45, 7) is 2.58. The Morgan fingerprint density at radius 3 is 2.61 bits per heavy atom. The maximum atomic E-state index is 12.6. The fraction of sp³-hybridized carbons (Fsp3) is 0.304. The van der Waals surface area contributed by atoms with Crippen molar-refractivity contribution in [3.05, 3.63) is 78.0 Å². The van der Waals surface area contributed by atoms with Crippen molar-refractivity contribution in [2.45, 2.75) is 19.4 Å². The van der Waals surface area contributed by atoms with Gasteiger partial charge in [-0.3, -0.25) is 9.79 Å². The quantitative estimate of drug-likeness (QED) is 0.594. The van der Waals surface area contributed by atoms with Crippen molar-refractivity contribution in [3.8, 4) is 5.75 Å². The van der Waals surface area contributed by atoms with Gasteiger partial charge in [-0.05, 0) is 36.6 Å². The molecular weight excluding hydrogens is 350 g/mol. The van der Waals surface area contributed by atoms with E-state index < -0.39 is 0 Å². The van der Waals surface area contributed by atoms with E-state index in [4.69, 9.17) is 10.5 Å². The molecule has 5 nitrogen and oxygen atoms in total. The summed E-state index contributed by atoms with van der Waals surface area (Å²) >= 11 is 0. The minimum Gasteiger partial charge on any atom is -0.493 e. The Labute approximate surface area is 166 Å². The lowest BCUT2D eigenvalue weighted by atomic mass is 9.98. The second-order valence-corrected chi connectivity index (χ2v) is 6.98. The van der Waals surface area contributed by atoms with E-state index in [-0.39, 0.29) is 11.6 Å². The van der Waals surface area contributed by atoms with E-state index in [1.54, 1.807) is 12.3 Å². The minimum atomic E-state index is -0.129. The number of carbonyl (C=O) groups is 1. The highest BCUT2D eigenvalue weighted by molar-refractivity contribution is 5.96. The largest absolute Gasteiger partial charge is 0.493 e. The number of para-hydroxylation sites is 1. The lowest BCUT2D eigenvalue weighted by molar-refractivity contribution is -0.129. The molecule has 1 atom stereocenters. The highest BCUT2D eigenvalue weighted by atomic mass is 16.5. The molecule has 0 radical (unpaired) electrons. The molecule has 1 aliphatic rings. The molecule has 2 N–H and O–H groups in total. The molecule has 1 unspecified atom stereocenters. The number of benzene rings is 2. The van der Waals surface area contributed by atoms with Crippen molar-refractivity contribution in [3.63, 3.8) is 0 Å². The van der Waals surface area contributed by atoms with Crippen molar-refractivity contribution >= 4 is 12.1 Å². The number of nitrogens with zero attached hydrogens (tertiary/aromatic N) is 2. The van der Waals surface area contributed by atoms with Crippen LogP contribution in [0.5, 0.6) is 5.75 Å². The third-order valence-electron chi connectivity index (χ3n) is 4.76. The zero-order chi connectivity index (χ0) is 19.6. The van der Waals surface area contributed by atoms with Gasteiger partial charge >= 0.3 is 0 Å². The van der Waals surface area contributed by atoms with Gasteiger partial charge in [-0.2, -0.15) is 0 Å². The second kappa shape index (κ2) is 10.3. The summed E-state index contributed by atoms with van der Waals surface area (Å²) in [7, 11) is 0. The normalized spacial score (nSPS) is 17.6. The molecule has 0 aromatic heterocycles. The number of ether oxygens (including phenoxy) is 1. The van der Waals surface area contributed by atoms with Gasteiger partial charge in [0.1, 0.15) is 5.75 Å². The van der Waals surface area contributed by atoms with Gasteiger partial charge in [-0.15, -0.1) is 0 Å². The van der Waals surface area contributed by atoms with Crippen LogP contribution < -0.4 is 10.5 Å². The first-order valence-electron chi connectivity index (χ1n) is 9.69. The number of hydrogen-bond donors (Lipinski definition) is 1. The lowest BCUT2D eigenvalue weighted by Crippen LogP contribution is -2.43. The number of piperidine rings is 1. The second-order valence-electron chi connectivity index (χ2n) is 6.98. The first-order chi connectivity index (χ1) is 13.7. The van der Waals surface area contributed by atoms with E-state index in [9.17, 15) is 4.79 Å². The standard InChI is InChI=1S/C23H27N3O2/c24-22(13-14-25-16-19-8-3-1-4-9-19)23(27)26-15-7-10-20(17-26)18-28-21-11-5-2-6-12-21/h1-6,8-9,11-14,20H,7,10,15-18,24H2/b22-13-,25-14?. The molecule has 2 aromatic carbocycles. The van der Waals surface area contributed by atoms with Crippen molar-refractivity contribution in [2.75, 3.05) is 19.7 Å². The average molecular weight is 377 g/mol. The molecular formula is C23H27N3O2. The first kappa shape index (κ1) is 19.7. The van der Waals surface area contributed by atoms with Crippen molar-refractivity contribution in [2.24, 2.45) is 16.6 Å². The number of allylic oxidation sites excluding steroid dienone is 1. The Bertz CT molecular complexity index is 803. The monoisotopic (exact) mass is 377 g/mol. The maximum Gasteiger partial charge on any atom is 0.269 e. The fourth-order valence-electron chi connectivity index (χ4n) is 3.24. The molecule has 2 aromatic rings. The zero-order valence-corrected chi connectivity index (χ0v) is 16.0. The number of likely N-dealkylation sites (tertiary alicyclic amines) is 1. The number of rotatable bonds is 7. The summed E-state index contributed by atoms with van der Waals surface area (Å²) in [6, 6.07) is 19.7. The third kappa shape index (κ3) is 5.98. The average Bonchev–Trinajstić information content (AvgIpc) is 2.76. The topological polar surface area (TPSA) is 67.9 Å². The van der Waals surface area contributed by atoms with Crippen molar-refractivity contribution < 1.29 is 9.53 Å². The predicted octanol–water partition coefficient (Wildman–Crippen LogP) is 3.42. The Morgan fingerprint density at radius 1 is 1.14 bits per heavy atom. The number of carbonyl (C=O) groups excluding carboxylic acids is 1. The zero-order valence-electron chi connectivity index (χ0n) is 16.0. The summed E-state index contributed by atoms with van der Waals surface area (Å²) in [4.78, 5) is 18.7. The maximum absolute atomic E-state index is 12.6. The van der Waals surface area contributed by atoms with Gasteiger partial charge in [0, 0.05) is 25.2 Å².